The molecule has 0 aliphatic carbocycles. The van der Waals surface area contributed by atoms with E-state index in [1.807, 2.05) is 0 Å². The van der Waals surface area contributed by atoms with Gasteiger partial charge in [0, 0.05) is 24.2 Å². The summed E-state index contributed by atoms with van der Waals surface area (Å²) in [5.41, 5.74) is 6.24. The van der Waals surface area contributed by atoms with Crippen molar-refractivity contribution in [3.63, 3.8) is 0 Å². The Morgan fingerprint density at radius 3 is 2.32 bits per heavy atom. The van der Waals surface area contributed by atoms with Crippen molar-refractivity contribution >= 4 is 15.7 Å². The molecule has 7 heteroatoms. The molecule has 0 spiro atoms. The summed E-state index contributed by atoms with van der Waals surface area (Å²) in [5, 5.41) is 0. The molecule has 1 atom stereocenters. The van der Waals surface area contributed by atoms with Crippen molar-refractivity contribution in [2.75, 3.05) is 12.0 Å². The number of pyridine rings is 1. The fourth-order valence-corrected chi connectivity index (χ4v) is 3.12. The molecule has 1 unspecified atom stereocenters. The van der Waals surface area contributed by atoms with Gasteiger partial charge in [0.1, 0.15) is 9.84 Å². The van der Waals surface area contributed by atoms with Gasteiger partial charge in [-0.05, 0) is 23.8 Å². The predicted molar refractivity (Wildman–Crippen MR) is 83.7 cm³/mol. The Bertz CT molecular complexity index is 838. The van der Waals surface area contributed by atoms with Gasteiger partial charge in [0.2, 0.25) is 5.91 Å². The average molecular weight is 320 g/mol. The van der Waals surface area contributed by atoms with E-state index in [0.717, 1.165) is 6.26 Å². The Balaban J connectivity index is 2.37. The number of sulfone groups is 1. The molecule has 2 aromatic rings. The lowest BCUT2D eigenvalue weighted by atomic mass is 10.0. The van der Waals surface area contributed by atoms with E-state index in [-0.39, 0.29) is 11.3 Å². The van der Waals surface area contributed by atoms with Crippen molar-refractivity contribution in [3.8, 4) is 5.69 Å². The zero-order valence-electron chi connectivity index (χ0n) is 12.0. The van der Waals surface area contributed by atoms with Crippen molar-refractivity contribution in [1.82, 2.24) is 4.57 Å². The molecule has 1 amide bonds. The van der Waals surface area contributed by atoms with Crippen LogP contribution in [0.1, 0.15) is 11.5 Å². The number of carbonyl (C=O) groups is 1. The maximum absolute atomic E-state index is 11.7. The minimum Gasteiger partial charge on any atom is -0.369 e. The van der Waals surface area contributed by atoms with Crippen LogP contribution in [-0.4, -0.2) is 30.9 Å². The topological polar surface area (TPSA) is 99.2 Å². The highest BCUT2D eigenvalue weighted by Crippen LogP contribution is 2.19. The van der Waals surface area contributed by atoms with Crippen molar-refractivity contribution < 1.29 is 13.2 Å². The van der Waals surface area contributed by atoms with Gasteiger partial charge in [0.05, 0.1) is 11.7 Å². The molecule has 1 aromatic carbocycles. The maximum Gasteiger partial charge on any atom is 0.255 e. The van der Waals surface area contributed by atoms with Crippen LogP contribution >= 0.6 is 0 Å². The summed E-state index contributed by atoms with van der Waals surface area (Å²) in [4.78, 5) is 23.2. The number of aromatic nitrogens is 1. The van der Waals surface area contributed by atoms with Gasteiger partial charge in [0.25, 0.3) is 5.56 Å². The summed E-state index contributed by atoms with van der Waals surface area (Å²) >= 11 is 0. The van der Waals surface area contributed by atoms with E-state index in [4.69, 9.17) is 5.73 Å². The Labute approximate surface area is 128 Å². The van der Waals surface area contributed by atoms with Gasteiger partial charge >= 0.3 is 0 Å². The van der Waals surface area contributed by atoms with Gasteiger partial charge in [-0.1, -0.05) is 18.2 Å². The zero-order valence-corrected chi connectivity index (χ0v) is 12.8. The number of amides is 1. The van der Waals surface area contributed by atoms with Crippen molar-refractivity contribution in [2.45, 2.75) is 5.92 Å². The Hall–Kier alpha value is -2.41. The SMILES string of the molecule is CS(=O)(=O)CC(C(N)=O)c1ccc(-n2ccccc2=O)cc1. The molecule has 2 rings (SSSR count). The smallest absolute Gasteiger partial charge is 0.255 e. The van der Waals surface area contributed by atoms with Crippen LogP contribution in [0, 0.1) is 0 Å². The molecule has 116 valence electrons. The first kappa shape index (κ1) is 16.0. The maximum atomic E-state index is 11.7. The number of nitrogens with two attached hydrogens (primary N) is 1. The van der Waals surface area contributed by atoms with Gasteiger partial charge in [-0.15, -0.1) is 0 Å². The lowest BCUT2D eigenvalue weighted by Crippen LogP contribution is -2.27. The number of benzene rings is 1. The third kappa shape index (κ3) is 3.82. The third-order valence-electron chi connectivity index (χ3n) is 3.21. The van der Waals surface area contributed by atoms with Crippen LogP contribution in [0.4, 0.5) is 0 Å². The number of carbonyl (C=O) groups excluding carboxylic acids is 1. The molecule has 0 fully saturated rings. The van der Waals surface area contributed by atoms with Crippen molar-refractivity contribution in [3.05, 3.63) is 64.6 Å². The molecule has 0 saturated heterocycles. The normalized spacial score (nSPS) is 12.8. The van der Waals surface area contributed by atoms with E-state index in [2.05, 4.69) is 0 Å². The molecule has 6 nitrogen and oxygen atoms in total. The first-order valence-electron chi connectivity index (χ1n) is 6.53. The highest BCUT2D eigenvalue weighted by molar-refractivity contribution is 7.90. The molecule has 22 heavy (non-hydrogen) atoms. The second kappa shape index (κ2) is 6.15. The second-order valence-electron chi connectivity index (χ2n) is 5.05. The lowest BCUT2D eigenvalue weighted by molar-refractivity contribution is -0.119. The molecular weight excluding hydrogens is 304 g/mol. The van der Waals surface area contributed by atoms with Crippen LogP contribution in [0.15, 0.2) is 53.5 Å². The summed E-state index contributed by atoms with van der Waals surface area (Å²) in [6.45, 7) is 0. The standard InChI is InChI=1S/C15H16N2O4S/c1-22(20,21)10-13(15(16)19)11-5-7-12(8-6-11)17-9-3-2-4-14(17)18/h2-9,13H,10H2,1H3,(H2,16,19). The van der Waals surface area contributed by atoms with Crippen LogP contribution in [0.2, 0.25) is 0 Å². The Morgan fingerprint density at radius 1 is 1.18 bits per heavy atom. The summed E-state index contributed by atoms with van der Waals surface area (Å²) in [7, 11) is -3.34. The summed E-state index contributed by atoms with van der Waals surface area (Å²) in [6, 6.07) is 11.3. The molecule has 0 aliphatic rings. The van der Waals surface area contributed by atoms with E-state index in [1.165, 1.54) is 10.6 Å². The Morgan fingerprint density at radius 2 is 1.82 bits per heavy atom. The molecule has 1 heterocycles. The fourth-order valence-electron chi connectivity index (χ4n) is 2.15. The van der Waals surface area contributed by atoms with Gasteiger partial charge < -0.3 is 5.73 Å². The summed E-state index contributed by atoms with van der Waals surface area (Å²) < 4.78 is 24.2. The Kier molecular flexibility index (Phi) is 4.46. The van der Waals surface area contributed by atoms with E-state index in [0.29, 0.717) is 11.3 Å². The van der Waals surface area contributed by atoms with Crippen LogP contribution in [0.3, 0.4) is 0 Å². The monoisotopic (exact) mass is 320 g/mol. The first-order valence-corrected chi connectivity index (χ1v) is 8.59. The minimum absolute atomic E-state index is 0.183. The van der Waals surface area contributed by atoms with Crippen LogP contribution in [0.25, 0.3) is 5.69 Å². The van der Waals surface area contributed by atoms with Gasteiger partial charge in [-0.2, -0.15) is 0 Å². The van der Waals surface area contributed by atoms with E-state index in [1.54, 1.807) is 42.6 Å². The fraction of sp³-hybridized carbons (Fsp3) is 0.200. The van der Waals surface area contributed by atoms with E-state index < -0.39 is 21.7 Å². The van der Waals surface area contributed by atoms with Crippen molar-refractivity contribution in [1.29, 1.82) is 0 Å². The van der Waals surface area contributed by atoms with Crippen molar-refractivity contribution in [2.24, 2.45) is 5.73 Å². The van der Waals surface area contributed by atoms with Gasteiger partial charge in [-0.25, -0.2) is 8.42 Å². The molecule has 0 bridgehead atoms. The quantitative estimate of drug-likeness (QED) is 0.864. The summed E-state index contributed by atoms with van der Waals surface area (Å²) in [6.07, 6.45) is 2.68. The molecule has 0 saturated carbocycles. The number of rotatable bonds is 5. The number of hydrogen-bond acceptors (Lipinski definition) is 4. The molecule has 1 aromatic heterocycles. The highest BCUT2D eigenvalue weighted by Gasteiger charge is 2.22. The van der Waals surface area contributed by atoms with Gasteiger partial charge in [-0.3, -0.25) is 14.2 Å². The largest absolute Gasteiger partial charge is 0.369 e. The van der Waals surface area contributed by atoms with Gasteiger partial charge in [0.15, 0.2) is 0 Å². The number of primary amides is 1. The van der Waals surface area contributed by atoms with Crippen LogP contribution in [-0.2, 0) is 14.6 Å². The molecule has 0 radical (unpaired) electrons. The average Bonchev–Trinajstić information content (AvgIpc) is 2.44. The van der Waals surface area contributed by atoms with Crippen LogP contribution in [0.5, 0.6) is 0 Å². The lowest BCUT2D eigenvalue weighted by Gasteiger charge is -2.13. The molecule has 0 aliphatic heterocycles. The van der Waals surface area contributed by atoms with Crippen LogP contribution < -0.4 is 11.3 Å². The molecule has 2 N–H and O–H groups in total. The predicted octanol–water partition coefficient (Wildman–Crippen LogP) is 0.451. The molecular formula is C15H16N2O4S. The zero-order chi connectivity index (χ0) is 16.3. The van der Waals surface area contributed by atoms with E-state index in [9.17, 15) is 18.0 Å². The first-order chi connectivity index (χ1) is 10.3. The summed E-state index contributed by atoms with van der Waals surface area (Å²) in [5.74, 6) is -1.95. The van der Waals surface area contributed by atoms with E-state index >= 15 is 0 Å². The number of nitrogens with zero attached hydrogens (tertiary/aromatic N) is 1. The third-order valence-corrected chi connectivity index (χ3v) is 4.15. The highest BCUT2D eigenvalue weighted by atomic mass is 32.2. The second-order valence-corrected chi connectivity index (χ2v) is 7.23. The minimum atomic E-state index is -3.34. The number of hydrogen-bond donors (Lipinski definition) is 1.